The Morgan fingerprint density at radius 2 is 1.79 bits per heavy atom. The van der Waals surface area contributed by atoms with Crippen LogP contribution in [0.1, 0.15) is 30.1 Å². The van der Waals surface area contributed by atoms with Crippen LogP contribution in [0.2, 0.25) is 0 Å². The number of carbonyl (C=O) groups excluding carboxylic acids is 2. The molecule has 0 spiro atoms. The van der Waals surface area contributed by atoms with Crippen molar-refractivity contribution in [1.29, 1.82) is 0 Å². The summed E-state index contributed by atoms with van der Waals surface area (Å²) in [7, 11) is 0. The molecule has 1 atom stereocenters. The Hall–Kier alpha value is -3.48. The van der Waals surface area contributed by atoms with Crippen LogP contribution in [0, 0.1) is 11.7 Å². The number of benzene rings is 2. The van der Waals surface area contributed by atoms with Gasteiger partial charge in [0.2, 0.25) is 5.89 Å². The lowest BCUT2D eigenvalue weighted by atomic mass is 10.0. The first kappa shape index (κ1) is 20.3. The number of nitrogens with one attached hydrogen (secondary N) is 1. The third kappa shape index (κ3) is 5.28. The number of nitrogens with zero attached hydrogens (tertiary/aromatic N) is 1. The lowest BCUT2D eigenvalue weighted by Gasteiger charge is -2.20. The predicted molar refractivity (Wildman–Crippen MR) is 104 cm³/mol. The van der Waals surface area contributed by atoms with Crippen molar-refractivity contribution in [1.82, 2.24) is 10.3 Å². The molecule has 150 valence electrons. The first-order chi connectivity index (χ1) is 13.9. The van der Waals surface area contributed by atoms with Crippen LogP contribution >= 0.6 is 0 Å². The lowest BCUT2D eigenvalue weighted by molar-refractivity contribution is -0.149. The quantitative estimate of drug-likeness (QED) is 0.611. The van der Waals surface area contributed by atoms with Gasteiger partial charge in [0.05, 0.1) is 6.20 Å². The summed E-state index contributed by atoms with van der Waals surface area (Å²) in [6, 6.07) is 13.6. The molecule has 1 N–H and O–H groups in total. The smallest absolute Gasteiger partial charge is 0.329 e. The van der Waals surface area contributed by atoms with Crippen molar-refractivity contribution in [3.8, 4) is 11.3 Å². The van der Waals surface area contributed by atoms with E-state index in [2.05, 4.69) is 10.3 Å². The fourth-order valence-electron chi connectivity index (χ4n) is 2.66. The van der Waals surface area contributed by atoms with E-state index in [1.54, 1.807) is 20.0 Å². The molecule has 2 aromatic carbocycles. The van der Waals surface area contributed by atoms with E-state index in [1.807, 2.05) is 30.3 Å². The van der Waals surface area contributed by atoms with E-state index >= 15 is 0 Å². The minimum absolute atomic E-state index is 0.151. The minimum atomic E-state index is -0.865. The number of esters is 1. The Morgan fingerprint density at radius 1 is 1.10 bits per heavy atom. The van der Waals surface area contributed by atoms with E-state index < -0.39 is 23.7 Å². The molecule has 0 unspecified atom stereocenters. The molecule has 0 aliphatic rings. The second-order valence-electron chi connectivity index (χ2n) is 6.79. The Morgan fingerprint density at radius 3 is 2.45 bits per heavy atom. The van der Waals surface area contributed by atoms with E-state index in [-0.39, 0.29) is 24.0 Å². The van der Waals surface area contributed by atoms with Crippen LogP contribution in [0.3, 0.4) is 0 Å². The summed E-state index contributed by atoms with van der Waals surface area (Å²) in [6.45, 7) is 3.42. The summed E-state index contributed by atoms with van der Waals surface area (Å²) in [5.41, 5.74) is 1.12. The monoisotopic (exact) mass is 396 g/mol. The average Bonchev–Trinajstić information content (AvgIpc) is 3.20. The van der Waals surface area contributed by atoms with Crippen LogP contribution in [0.4, 0.5) is 4.39 Å². The van der Waals surface area contributed by atoms with E-state index in [1.165, 1.54) is 24.3 Å². The number of hydrogen-bond acceptors (Lipinski definition) is 5. The molecule has 3 rings (SSSR count). The predicted octanol–water partition coefficient (Wildman–Crippen LogP) is 3.98. The molecule has 0 saturated carbocycles. The summed E-state index contributed by atoms with van der Waals surface area (Å²) in [5.74, 6) is -0.914. The zero-order chi connectivity index (χ0) is 20.8. The van der Waals surface area contributed by atoms with Crippen molar-refractivity contribution in [2.24, 2.45) is 5.92 Å². The normalized spacial score (nSPS) is 11.9. The number of halogens is 1. The Bertz CT molecular complexity index is 968. The number of carbonyl (C=O) groups is 2. The van der Waals surface area contributed by atoms with Gasteiger partial charge in [-0.2, -0.15) is 0 Å². The van der Waals surface area contributed by atoms with Gasteiger partial charge in [0.15, 0.2) is 12.4 Å². The minimum Gasteiger partial charge on any atom is -0.454 e. The van der Waals surface area contributed by atoms with Crippen molar-refractivity contribution in [3.05, 3.63) is 78.1 Å². The molecule has 6 nitrogen and oxygen atoms in total. The summed E-state index contributed by atoms with van der Waals surface area (Å²) >= 11 is 0. The van der Waals surface area contributed by atoms with Gasteiger partial charge in [-0.05, 0) is 30.2 Å². The molecule has 0 radical (unpaired) electrons. The molecule has 29 heavy (non-hydrogen) atoms. The zero-order valence-corrected chi connectivity index (χ0v) is 16.1. The van der Waals surface area contributed by atoms with Gasteiger partial charge < -0.3 is 14.5 Å². The van der Waals surface area contributed by atoms with E-state index in [0.717, 1.165) is 5.56 Å². The van der Waals surface area contributed by atoms with E-state index in [9.17, 15) is 14.0 Å². The third-order valence-corrected chi connectivity index (χ3v) is 4.26. The van der Waals surface area contributed by atoms with Gasteiger partial charge in [-0.15, -0.1) is 0 Å². The van der Waals surface area contributed by atoms with Crippen LogP contribution in [-0.4, -0.2) is 22.9 Å². The standard InChI is InChI=1S/C22H21FN2O4/c1-14(2)20(25-21(26)16-8-10-17(23)11-9-16)22(27)28-13-19-24-12-18(29-19)15-6-4-3-5-7-15/h3-12,14,20H,13H2,1-2H3,(H,25,26)/t20-/m0/s1. The third-order valence-electron chi connectivity index (χ3n) is 4.26. The van der Waals surface area contributed by atoms with Crippen LogP contribution in [0.5, 0.6) is 0 Å². The summed E-state index contributed by atoms with van der Waals surface area (Å²) < 4.78 is 23.9. The van der Waals surface area contributed by atoms with Crippen molar-refractivity contribution < 1.29 is 23.1 Å². The molecule has 1 heterocycles. The molecular weight excluding hydrogens is 375 g/mol. The highest BCUT2D eigenvalue weighted by Crippen LogP contribution is 2.20. The van der Waals surface area contributed by atoms with Gasteiger partial charge in [-0.3, -0.25) is 4.79 Å². The number of rotatable bonds is 7. The first-order valence-corrected chi connectivity index (χ1v) is 9.17. The topological polar surface area (TPSA) is 81.4 Å². The van der Waals surface area contributed by atoms with E-state index in [4.69, 9.17) is 9.15 Å². The van der Waals surface area contributed by atoms with Crippen LogP contribution in [0.15, 0.2) is 65.2 Å². The van der Waals surface area contributed by atoms with Crippen molar-refractivity contribution in [2.45, 2.75) is 26.5 Å². The van der Waals surface area contributed by atoms with Gasteiger partial charge in [0, 0.05) is 11.1 Å². The van der Waals surface area contributed by atoms with Crippen molar-refractivity contribution in [2.75, 3.05) is 0 Å². The molecule has 3 aromatic rings. The number of oxazole rings is 1. The summed E-state index contributed by atoms with van der Waals surface area (Å²) in [5, 5.41) is 2.63. The zero-order valence-electron chi connectivity index (χ0n) is 16.1. The first-order valence-electron chi connectivity index (χ1n) is 9.17. The van der Waals surface area contributed by atoms with Gasteiger partial charge in [-0.25, -0.2) is 14.2 Å². The van der Waals surface area contributed by atoms with E-state index in [0.29, 0.717) is 5.76 Å². The molecule has 1 aromatic heterocycles. The number of aromatic nitrogens is 1. The highest BCUT2D eigenvalue weighted by molar-refractivity contribution is 5.96. The highest BCUT2D eigenvalue weighted by Gasteiger charge is 2.26. The van der Waals surface area contributed by atoms with Gasteiger partial charge in [0.1, 0.15) is 11.9 Å². The number of hydrogen-bond donors (Lipinski definition) is 1. The molecule has 0 aliphatic heterocycles. The molecule has 0 fully saturated rings. The number of amides is 1. The lowest BCUT2D eigenvalue weighted by Crippen LogP contribution is -2.45. The van der Waals surface area contributed by atoms with Crippen LogP contribution in [0.25, 0.3) is 11.3 Å². The molecule has 0 saturated heterocycles. The Labute approximate surface area is 167 Å². The van der Waals surface area contributed by atoms with Crippen LogP contribution in [-0.2, 0) is 16.1 Å². The van der Waals surface area contributed by atoms with Gasteiger partial charge in [0.25, 0.3) is 5.91 Å². The molecule has 1 amide bonds. The maximum absolute atomic E-state index is 13.0. The Balaban J connectivity index is 1.60. The highest BCUT2D eigenvalue weighted by atomic mass is 19.1. The van der Waals surface area contributed by atoms with Crippen molar-refractivity contribution >= 4 is 11.9 Å². The second-order valence-corrected chi connectivity index (χ2v) is 6.79. The van der Waals surface area contributed by atoms with Gasteiger partial charge >= 0.3 is 5.97 Å². The number of ether oxygens (including phenoxy) is 1. The fourth-order valence-corrected chi connectivity index (χ4v) is 2.66. The average molecular weight is 396 g/mol. The largest absolute Gasteiger partial charge is 0.454 e. The van der Waals surface area contributed by atoms with Gasteiger partial charge in [-0.1, -0.05) is 44.2 Å². The van der Waals surface area contributed by atoms with Crippen molar-refractivity contribution in [3.63, 3.8) is 0 Å². The summed E-state index contributed by atoms with van der Waals surface area (Å²) in [4.78, 5) is 28.9. The second kappa shape index (κ2) is 9.14. The molecular formula is C22H21FN2O4. The maximum Gasteiger partial charge on any atom is 0.329 e. The fraction of sp³-hybridized carbons (Fsp3) is 0.227. The maximum atomic E-state index is 13.0. The SMILES string of the molecule is CC(C)[C@H](NC(=O)c1ccc(F)cc1)C(=O)OCc1ncc(-c2ccccc2)o1. The molecule has 0 aliphatic carbocycles. The van der Waals surface area contributed by atoms with Crippen LogP contribution < -0.4 is 5.32 Å². The molecule has 0 bridgehead atoms. The Kier molecular flexibility index (Phi) is 6.39. The molecule has 7 heteroatoms. The summed E-state index contributed by atoms with van der Waals surface area (Å²) in [6.07, 6.45) is 1.56.